The summed E-state index contributed by atoms with van der Waals surface area (Å²) in [5.74, 6) is -1.59. The molecule has 6 heteroatoms. The van der Waals surface area contributed by atoms with Crippen molar-refractivity contribution in [2.75, 3.05) is 19.8 Å². The van der Waals surface area contributed by atoms with Gasteiger partial charge in [0.1, 0.15) is 6.61 Å². The van der Waals surface area contributed by atoms with Gasteiger partial charge < -0.3 is 14.2 Å². The van der Waals surface area contributed by atoms with Crippen LogP contribution in [0.5, 0.6) is 0 Å². The van der Waals surface area contributed by atoms with E-state index in [1.165, 1.54) is 6.92 Å². The number of hydrogen-bond acceptors (Lipinski definition) is 6. The molecule has 0 fully saturated rings. The minimum atomic E-state index is -1.05. The molecule has 0 amide bonds. The molecule has 1 atom stereocenters. The lowest BCUT2D eigenvalue weighted by Gasteiger charge is -2.17. The van der Waals surface area contributed by atoms with E-state index < -0.39 is 23.5 Å². The molecule has 0 heterocycles. The summed E-state index contributed by atoms with van der Waals surface area (Å²) in [7, 11) is 0. The average Bonchev–Trinajstić information content (AvgIpc) is 2.31. The Morgan fingerprint density at radius 1 is 1.11 bits per heavy atom. The van der Waals surface area contributed by atoms with Crippen molar-refractivity contribution in [1.29, 1.82) is 0 Å². The van der Waals surface area contributed by atoms with Gasteiger partial charge in [0.25, 0.3) is 0 Å². The highest BCUT2D eigenvalue weighted by Crippen LogP contribution is 2.14. The molecule has 0 spiro atoms. The van der Waals surface area contributed by atoms with E-state index in [0.29, 0.717) is 6.61 Å². The fourth-order valence-electron chi connectivity index (χ4n) is 0.935. The second kappa shape index (κ2) is 7.89. The highest BCUT2D eigenvalue weighted by molar-refractivity contribution is 5.87. The van der Waals surface area contributed by atoms with Gasteiger partial charge in [0.05, 0.1) is 0 Å². The second-order valence-corrected chi connectivity index (χ2v) is 5.05. The first kappa shape index (κ1) is 17.6. The number of hydrogen-bond donors (Lipinski definition) is 0. The van der Waals surface area contributed by atoms with Crippen molar-refractivity contribution >= 4 is 17.7 Å². The first-order chi connectivity index (χ1) is 8.68. The van der Waals surface area contributed by atoms with Gasteiger partial charge in [0, 0.05) is 12.0 Å². The van der Waals surface area contributed by atoms with Crippen LogP contribution < -0.4 is 0 Å². The van der Waals surface area contributed by atoms with Crippen LogP contribution in [0.1, 0.15) is 34.6 Å². The molecular formula is C13H22O6. The third kappa shape index (κ3) is 7.56. The van der Waals surface area contributed by atoms with Gasteiger partial charge in [-0.15, -0.1) is 0 Å². The van der Waals surface area contributed by atoms with Crippen LogP contribution in [0.4, 0.5) is 0 Å². The molecule has 19 heavy (non-hydrogen) atoms. The van der Waals surface area contributed by atoms with E-state index in [9.17, 15) is 14.4 Å². The average molecular weight is 274 g/mol. The number of Topliss-reactive ketones (excluding diaryl/α,β-unsaturated/α-hetero) is 1. The van der Waals surface area contributed by atoms with E-state index in [-0.39, 0.29) is 19.0 Å². The highest BCUT2D eigenvalue weighted by Gasteiger charge is 2.25. The molecule has 0 saturated heterocycles. The van der Waals surface area contributed by atoms with E-state index in [1.54, 1.807) is 27.7 Å². The summed E-state index contributed by atoms with van der Waals surface area (Å²) in [5.41, 5.74) is -0.574. The molecule has 110 valence electrons. The summed E-state index contributed by atoms with van der Waals surface area (Å²) in [6.45, 7) is 8.16. The molecule has 0 aromatic carbocycles. The first-order valence-corrected chi connectivity index (χ1v) is 6.15. The van der Waals surface area contributed by atoms with Crippen LogP contribution in [0.2, 0.25) is 0 Å². The molecule has 1 unspecified atom stereocenters. The Hall–Kier alpha value is -1.43. The highest BCUT2D eigenvalue weighted by atomic mass is 16.6. The van der Waals surface area contributed by atoms with Gasteiger partial charge in [-0.25, -0.2) is 9.59 Å². The Morgan fingerprint density at radius 3 is 2.16 bits per heavy atom. The van der Waals surface area contributed by atoms with Gasteiger partial charge in [-0.05, 0) is 13.8 Å². The zero-order chi connectivity index (χ0) is 15.1. The largest absolute Gasteiger partial charge is 0.455 e. The smallest absolute Gasteiger partial charge is 0.347 e. The lowest BCUT2D eigenvalue weighted by molar-refractivity contribution is -0.170. The molecule has 0 aliphatic rings. The molecule has 0 aromatic rings. The molecule has 6 nitrogen and oxygen atoms in total. The quantitative estimate of drug-likeness (QED) is 0.647. The van der Waals surface area contributed by atoms with Crippen LogP contribution in [0.25, 0.3) is 0 Å². The molecule has 0 radical (unpaired) electrons. The SMILES string of the molecule is CCOCC(=O)OC(C)C(=O)OCC(=O)C(C)(C)C. The Balaban J connectivity index is 4.08. The number of esters is 2. The molecule has 0 aromatic heterocycles. The lowest BCUT2D eigenvalue weighted by atomic mass is 9.91. The lowest BCUT2D eigenvalue weighted by Crippen LogP contribution is -2.32. The Bertz CT molecular complexity index is 329. The van der Waals surface area contributed by atoms with Crippen molar-refractivity contribution in [2.45, 2.75) is 40.7 Å². The summed E-state index contributed by atoms with van der Waals surface area (Å²) >= 11 is 0. The van der Waals surface area contributed by atoms with Gasteiger partial charge >= 0.3 is 11.9 Å². The third-order valence-corrected chi connectivity index (χ3v) is 2.25. The zero-order valence-corrected chi connectivity index (χ0v) is 12.1. The van der Waals surface area contributed by atoms with Gasteiger partial charge in [-0.1, -0.05) is 20.8 Å². The van der Waals surface area contributed by atoms with Crippen LogP contribution in [-0.2, 0) is 28.6 Å². The van der Waals surface area contributed by atoms with Crippen molar-refractivity contribution in [3.05, 3.63) is 0 Å². The van der Waals surface area contributed by atoms with Gasteiger partial charge in [0.15, 0.2) is 18.5 Å². The maximum atomic E-state index is 11.6. The van der Waals surface area contributed by atoms with E-state index >= 15 is 0 Å². The fraction of sp³-hybridized carbons (Fsp3) is 0.769. The topological polar surface area (TPSA) is 78.9 Å². The maximum Gasteiger partial charge on any atom is 0.347 e. The summed E-state index contributed by atoms with van der Waals surface area (Å²) < 4.78 is 14.4. The Labute approximate surface area is 113 Å². The summed E-state index contributed by atoms with van der Waals surface area (Å²) in [4.78, 5) is 34.2. The summed E-state index contributed by atoms with van der Waals surface area (Å²) in [6.07, 6.45) is -1.05. The van der Waals surface area contributed by atoms with Gasteiger partial charge in [-0.3, -0.25) is 4.79 Å². The van der Waals surface area contributed by atoms with Crippen LogP contribution in [0.3, 0.4) is 0 Å². The zero-order valence-electron chi connectivity index (χ0n) is 12.1. The summed E-state index contributed by atoms with van der Waals surface area (Å²) in [6, 6.07) is 0. The van der Waals surface area contributed by atoms with E-state index in [4.69, 9.17) is 14.2 Å². The van der Waals surface area contributed by atoms with Crippen LogP contribution in [0.15, 0.2) is 0 Å². The van der Waals surface area contributed by atoms with E-state index in [1.807, 2.05) is 0 Å². The molecule has 0 rings (SSSR count). The molecule has 0 saturated carbocycles. The van der Waals surface area contributed by atoms with E-state index in [2.05, 4.69) is 0 Å². The van der Waals surface area contributed by atoms with Crippen LogP contribution in [-0.4, -0.2) is 43.6 Å². The number of carbonyl (C=O) groups excluding carboxylic acids is 3. The number of carbonyl (C=O) groups is 3. The molecule has 0 aliphatic heterocycles. The number of ketones is 1. The van der Waals surface area contributed by atoms with Crippen molar-refractivity contribution in [3.63, 3.8) is 0 Å². The summed E-state index contributed by atoms with van der Waals surface area (Å²) in [5, 5.41) is 0. The number of rotatable bonds is 7. The van der Waals surface area contributed by atoms with E-state index in [0.717, 1.165) is 0 Å². The Morgan fingerprint density at radius 2 is 1.68 bits per heavy atom. The van der Waals surface area contributed by atoms with Crippen LogP contribution >= 0.6 is 0 Å². The second-order valence-electron chi connectivity index (χ2n) is 5.05. The molecular weight excluding hydrogens is 252 g/mol. The minimum absolute atomic E-state index is 0.200. The van der Waals surface area contributed by atoms with Gasteiger partial charge in [0.2, 0.25) is 0 Å². The minimum Gasteiger partial charge on any atom is -0.455 e. The normalized spacial score (nSPS) is 12.7. The third-order valence-electron chi connectivity index (χ3n) is 2.25. The molecule has 0 N–H and O–H groups in total. The first-order valence-electron chi connectivity index (χ1n) is 6.15. The van der Waals surface area contributed by atoms with Crippen LogP contribution in [0, 0.1) is 5.41 Å². The van der Waals surface area contributed by atoms with Crippen molar-refractivity contribution in [1.82, 2.24) is 0 Å². The Kier molecular flexibility index (Phi) is 7.29. The predicted octanol–water partition coefficient (Wildman–Crippen LogP) is 1.11. The maximum absolute atomic E-state index is 11.6. The van der Waals surface area contributed by atoms with Crippen molar-refractivity contribution in [2.24, 2.45) is 5.41 Å². The van der Waals surface area contributed by atoms with Gasteiger partial charge in [-0.2, -0.15) is 0 Å². The number of ether oxygens (including phenoxy) is 3. The van der Waals surface area contributed by atoms with Crippen molar-refractivity contribution < 1.29 is 28.6 Å². The standard InChI is InChI=1S/C13H22O6/c1-6-17-8-11(15)19-9(2)12(16)18-7-10(14)13(3,4)5/h9H,6-8H2,1-5H3. The van der Waals surface area contributed by atoms with Crippen molar-refractivity contribution in [3.8, 4) is 0 Å². The monoisotopic (exact) mass is 274 g/mol. The molecule has 0 bridgehead atoms. The predicted molar refractivity (Wildman–Crippen MR) is 67.5 cm³/mol. The molecule has 0 aliphatic carbocycles. The fourth-order valence-corrected chi connectivity index (χ4v) is 0.935.